The first-order chi connectivity index (χ1) is 27.7. The molecule has 0 aliphatic heterocycles. The summed E-state index contributed by atoms with van der Waals surface area (Å²) in [7, 11) is 0. The Hall–Kier alpha value is -7.49. The van der Waals surface area contributed by atoms with Crippen molar-refractivity contribution in [3.63, 3.8) is 0 Å². The van der Waals surface area contributed by atoms with Crippen LogP contribution in [0, 0.1) is 0 Å². The Balaban J connectivity index is 0.990. The third-order valence-corrected chi connectivity index (χ3v) is 11.0. The van der Waals surface area contributed by atoms with Gasteiger partial charge in [-0.3, -0.25) is 0 Å². The topological polar surface area (TPSA) is 31.0 Å². The fourth-order valence-corrected chi connectivity index (χ4v) is 8.28. The van der Waals surface area contributed by atoms with E-state index in [9.17, 15) is 0 Å². The van der Waals surface area contributed by atoms with Crippen LogP contribution in [0.15, 0.2) is 211 Å². The molecule has 0 saturated carbocycles. The molecule has 0 N–H and O–H groups in total. The maximum absolute atomic E-state index is 6.37. The zero-order chi connectivity index (χ0) is 37.0. The highest BCUT2D eigenvalue weighted by Gasteiger charge is 2.16. The minimum absolute atomic E-state index is 0.912. The van der Waals surface area contributed by atoms with Gasteiger partial charge in [0.1, 0.15) is 11.2 Å². The van der Waals surface area contributed by atoms with Crippen LogP contribution in [0.3, 0.4) is 0 Å². The van der Waals surface area contributed by atoms with Gasteiger partial charge in [0.15, 0.2) is 0 Å². The first-order valence-corrected chi connectivity index (χ1v) is 19.0. The summed E-state index contributed by atoms with van der Waals surface area (Å²) >= 11 is 0. The van der Waals surface area contributed by atoms with E-state index in [1.54, 1.807) is 0 Å². The molecule has 0 aliphatic carbocycles. The van der Waals surface area contributed by atoms with E-state index in [0.29, 0.717) is 0 Å². The molecule has 0 saturated heterocycles. The number of pyridine rings is 1. The van der Waals surface area contributed by atoms with E-state index in [-0.39, 0.29) is 0 Å². The van der Waals surface area contributed by atoms with Crippen LogP contribution < -0.4 is 0 Å². The first kappa shape index (κ1) is 32.0. The molecule has 0 unspecified atom stereocenters. The number of fused-ring (bicyclic) bond motifs is 6. The second kappa shape index (κ2) is 13.1. The Labute approximate surface area is 324 Å². The average molecular weight is 715 g/mol. The van der Waals surface area contributed by atoms with Crippen molar-refractivity contribution in [1.29, 1.82) is 0 Å². The van der Waals surface area contributed by atoms with Gasteiger partial charge in [-0.05, 0) is 82.4 Å². The van der Waals surface area contributed by atoms with Crippen LogP contribution in [0.5, 0.6) is 0 Å². The molecule has 0 bridgehead atoms. The Morgan fingerprint density at radius 1 is 0.339 bits per heavy atom. The van der Waals surface area contributed by atoms with Gasteiger partial charge < -0.3 is 8.98 Å². The van der Waals surface area contributed by atoms with Gasteiger partial charge in [-0.1, -0.05) is 152 Å². The van der Waals surface area contributed by atoms with Crippen LogP contribution in [0.25, 0.3) is 105 Å². The molecule has 0 amide bonds. The van der Waals surface area contributed by atoms with E-state index in [0.717, 1.165) is 72.4 Å². The van der Waals surface area contributed by atoms with Crippen LogP contribution >= 0.6 is 0 Å². The molecular weight excluding hydrogens is 681 g/mol. The molecule has 11 aromatic rings. The molecule has 0 atom stereocenters. The van der Waals surface area contributed by atoms with Crippen molar-refractivity contribution in [2.75, 3.05) is 0 Å². The average Bonchev–Trinajstić information content (AvgIpc) is 3.83. The van der Waals surface area contributed by atoms with Crippen LogP contribution in [0.1, 0.15) is 0 Å². The Kier molecular flexibility index (Phi) is 7.49. The molecule has 262 valence electrons. The minimum Gasteiger partial charge on any atom is -0.455 e. The summed E-state index contributed by atoms with van der Waals surface area (Å²) in [5.74, 6) is 0. The number of hydrogen-bond acceptors (Lipinski definition) is 2. The second-order valence-corrected chi connectivity index (χ2v) is 14.4. The number of nitrogens with zero attached hydrogens (tertiary/aromatic N) is 2. The number of benzene rings is 8. The van der Waals surface area contributed by atoms with Crippen molar-refractivity contribution in [1.82, 2.24) is 9.55 Å². The van der Waals surface area contributed by atoms with Gasteiger partial charge in [0.25, 0.3) is 0 Å². The Bertz CT molecular complexity index is 3170. The minimum atomic E-state index is 0.912. The van der Waals surface area contributed by atoms with Crippen LogP contribution in [-0.2, 0) is 0 Å². The number of aromatic nitrogens is 2. The maximum atomic E-state index is 6.37. The van der Waals surface area contributed by atoms with Gasteiger partial charge in [-0.25, -0.2) is 4.98 Å². The van der Waals surface area contributed by atoms with E-state index in [4.69, 9.17) is 9.40 Å². The van der Waals surface area contributed by atoms with Crippen molar-refractivity contribution in [3.8, 4) is 61.6 Å². The highest BCUT2D eigenvalue weighted by molar-refractivity contribution is 6.11. The molecule has 0 fully saturated rings. The zero-order valence-corrected chi connectivity index (χ0v) is 30.4. The third-order valence-electron chi connectivity index (χ3n) is 11.0. The van der Waals surface area contributed by atoms with Crippen molar-refractivity contribution in [3.05, 3.63) is 206 Å². The molecule has 8 aromatic carbocycles. The molecule has 0 aliphatic rings. The summed E-state index contributed by atoms with van der Waals surface area (Å²) in [6, 6.07) is 73.3. The number of hydrogen-bond donors (Lipinski definition) is 0. The molecule has 0 spiro atoms. The molecular formula is C53H34N2O. The maximum Gasteiger partial charge on any atom is 0.143 e. The lowest BCUT2D eigenvalue weighted by Crippen LogP contribution is -1.94. The summed E-state index contributed by atoms with van der Waals surface area (Å²) < 4.78 is 8.75. The summed E-state index contributed by atoms with van der Waals surface area (Å²) in [5.41, 5.74) is 16.3. The van der Waals surface area contributed by atoms with Gasteiger partial charge in [0.2, 0.25) is 0 Å². The van der Waals surface area contributed by atoms with E-state index in [1.807, 2.05) is 24.3 Å². The predicted octanol–water partition coefficient (Wildman–Crippen LogP) is 14.4. The Morgan fingerprint density at radius 3 is 1.64 bits per heavy atom. The standard InChI is InChI=1S/C53H34N2O/c1-3-13-36(14-4-1)48-33-41(34-49(54-48)37-15-5-2-6-16-37)39-18-11-17-38(31-39)40-27-30-51-47(32-40)44-19-7-9-23-50(44)55(51)42-28-25-35(26-29-42)43-21-12-22-46-45-20-8-10-24-52(45)56-53(43)46/h1-34H. The van der Waals surface area contributed by atoms with E-state index in [1.165, 1.54) is 32.9 Å². The molecule has 3 heterocycles. The highest BCUT2D eigenvalue weighted by atomic mass is 16.3. The SMILES string of the molecule is c1ccc(-c2cc(-c3cccc(-c4ccc5c(c4)c4ccccc4n5-c4ccc(-c5cccc6c5oc5ccccc56)cc4)c3)cc(-c3ccccc3)n2)cc1. The summed E-state index contributed by atoms with van der Waals surface area (Å²) in [6.07, 6.45) is 0. The fraction of sp³-hybridized carbons (Fsp3) is 0. The molecule has 3 nitrogen and oxygen atoms in total. The van der Waals surface area contributed by atoms with Crippen LogP contribution in [0.4, 0.5) is 0 Å². The highest BCUT2D eigenvalue weighted by Crippen LogP contribution is 2.39. The lowest BCUT2D eigenvalue weighted by molar-refractivity contribution is 0.670. The quantitative estimate of drug-likeness (QED) is 0.172. The fourth-order valence-electron chi connectivity index (χ4n) is 8.28. The van der Waals surface area contributed by atoms with E-state index >= 15 is 0 Å². The summed E-state index contributed by atoms with van der Waals surface area (Å²) in [4.78, 5) is 5.10. The normalized spacial score (nSPS) is 11.6. The molecule has 3 aromatic heterocycles. The van der Waals surface area contributed by atoms with Crippen LogP contribution in [0.2, 0.25) is 0 Å². The first-order valence-electron chi connectivity index (χ1n) is 19.0. The third kappa shape index (κ3) is 5.40. The van der Waals surface area contributed by atoms with Gasteiger partial charge in [-0.15, -0.1) is 0 Å². The lowest BCUT2D eigenvalue weighted by Gasteiger charge is -2.12. The van der Waals surface area contributed by atoms with Gasteiger partial charge in [0.05, 0.1) is 22.4 Å². The summed E-state index contributed by atoms with van der Waals surface area (Å²) in [5, 5.41) is 4.73. The molecule has 56 heavy (non-hydrogen) atoms. The largest absolute Gasteiger partial charge is 0.455 e. The van der Waals surface area contributed by atoms with E-state index in [2.05, 4.69) is 187 Å². The number of para-hydroxylation sites is 3. The van der Waals surface area contributed by atoms with Crippen molar-refractivity contribution < 1.29 is 4.42 Å². The lowest BCUT2D eigenvalue weighted by atomic mass is 9.96. The Morgan fingerprint density at radius 2 is 0.893 bits per heavy atom. The summed E-state index contributed by atoms with van der Waals surface area (Å²) in [6.45, 7) is 0. The van der Waals surface area contributed by atoms with Gasteiger partial charge in [0, 0.05) is 43.9 Å². The van der Waals surface area contributed by atoms with Crippen molar-refractivity contribution in [2.45, 2.75) is 0 Å². The molecule has 0 radical (unpaired) electrons. The van der Waals surface area contributed by atoms with Crippen LogP contribution in [-0.4, -0.2) is 9.55 Å². The smallest absolute Gasteiger partial charge is 0.143 e. The molecule has 11 rings (SSSR count). The number of furan rings is 1. The number of rotatable bonds is 6. The van der Waals surface area contributed by atoms with Crippen molar-refractivity contribution in [2.24, 2.45) is 0 Å². The van der Waals surface area contributed by atoms with Gasteiger partial charge >= 0.3 is 0 Å². The van der Waals surface area contributed by atoms with E-state index < -0.39 is 0 Å². The second-order valence-electron chi connectivity index (χ2n) is 14.4. The van der Waals surface area contributed by atoms with Gasteiger partial charge in [-0.2, -0.15) is 0 Å². The van der Waals surface area contributed by atoms with Crippen molar-refractivity contribution >= 4 is 43.7 Å². The predicted molar refractivity (Wildman–Crippen MR) is 233 cm³/mol. The monoisotopic (exact) mass is 714 g/mol. The zero-order valence-electron chi connectivity index (χ0n) is 30.4. The molecule has 3 heteroatoms.